The molecule has 0 aromatic carbocycles. The van der Waals surface area contributed by atoms with E-state index in [2.05, 4.69) is 0 Å². The minimum atomic E-state index is 0.146. The average Bonchev–Trinajstić information content (AvgIpc) is 2.73. The Kier molecular flexibility index (Phi) is 6.92. The zero-order chi connectivity index (χ0) is 18.5. The quantitative estimate of drug-likeness (QED) is 0.764. The van der Waals surface area contributed by atoms with Crippen LogP contribution in [0.2, 0.25) is 0 Å². The van der Waals surface area contributed by atoms with Crippen molar-refractivity contribution in [2.75, 3.05) is 40.4 Å². The molecule has 0 bridgehead atoms. The summed E-state index contributed by atoms with van der Waals surface area (Å²) < 4.78 is 10.8. The van der Waals surface area contributed by atoms with Gasteiger partial charge in [-0.25, -0.2) is 0 Å². The van der Waals surface area contributed by atoms with Crippen LogP contribution in [0.5, 0.6) is 0 Å². The van der Waals surface area contributed by atoms with Crippen LogP contribution in [-0.2, 0) is 19.1 Å². The first-order valence-corrected chi connectivity index (χ1v) is 10.3. The Morgan fingerprint density at radius 1 is 0.615 bits per heavy atom. The van der Waals surface area contributed by atoms with E-state index in [-0.39, 0.29) is 23.7 Å². The second-order valence-electron chi connectivity index (χ2n) is 8.07. The molecule has 26 heavy (non-hydrogen) atoms. The maximum absolute atomic E-state index is 12.8. The van der Waals surface area contributed by atoms with Gasteiger partial charge in [-0.3, -0.25) is 9.59 Å². The molecule has 0 aromatic heterocycles. The Balaban J connectivity index is 1.42. The molecule has 3 aliphatic rings. The molecule has 3 fully saturated rings. The molecular weight excluding hydrogens is 332 g/mol. The molecule has 2 amide bonds. The van der Waals surface area contributed by atoms with E-state index in [1.54, 1.807) is 14.2 Å². The van der Waals surface area contributed by atoms with Gasteiger partial charge in [0, 0.05) is 52.2 Å². The predicted molar refractivity (Wildman–Crippen MR) is 98.7 cm³/mol. The Morgan fingerprint density at radius 2 is 0.923 bits per heavy atom. The van der Waals surface area contributed by atoms with E-state index < -0.39 is 0 Å². The van der Waals surface area contributed by atoms with Crippen molar-refractivity contribution in [1.29, 1.82) is 0 Å². The lowest BCUT2D eigenvalue weighted by Gasteiger charge is -2.39. The third-order valence-electron chi connectivity index (χ3n) is 6.62. The van der Waals surface area contributed by atoms with E-state index in [1.807, 2.05) is 9.80 Å². The zero-order valence-corrected chi connectivity index (χ0v) is 16.3. The number of hydrogen-bond acceptors (Lipinski definition) is 4. The van der Waals surface area contributed by atoms with Crippen LogP contribution in [0.4, 0.5) is 0 Å². The van der Waals surface area contributed by atoms with Gasteiger partial charge < -0.3 is 19.3 Å². The standard InChI is InChI=1S/C20H34N2O4/c1-25-17-7-3-15(4-8-17)19(23)21-11-13-22(14-12-21)20(24)16-5-9-18(26-2)10-6-16/h15-18H,3-14H2,1-2H3. The van der Waals surface area contributed by atoms with Crippen LogP contribution >= 0.6 is 0 Å². The summed E-state index contributed by atoms with van der Waals surface area (Å²) in [6.07, 6.45) is 8.29. The number of amides is 2. The smallest absolute Gasteiger partial charge is 0.225 e. The Bertz CT molecular complexity index is 430. The van der Waals surface area contributed by atoms with Crippen molar-refractivity contribution in [3.8, 4) is 0 Å². The van der Waals surface area contributed by atoms with E-state index in [4.69, 9.17) is 9.47 Å². The van der Waals surface area contributed by atoms with Crippen LogP contribution in [0.15, 0.2) is 0 Å². The van der Waals surface area contributed by atoms with Crippen molar-refractivity contribution in [3.63, 3.8) is 0 Å². The first-order valence-electron chi connectivity index (χ1n) is 10.3. The highest BCUT2D eigenvalue weighted by Crippen LogP contribution is 2.29. The first-order chi connectivity index (χ1) is 12.6. The van der Waals surface area contributed by atoms with Crippen LogP contribution in [0.3, 0.4) is 0 Å². The highest BCUT2D eigenvalue weighted by molar-refractivity contribution is 5.81. The molecule has 0 radical (unpaired) electrons. The van der Waals surface area contributed by atoms with Crippen LogP contribution in [0.25, 0.3) is 0 Å². The van der Waals surface area contributed by atoms with Crippen molar-refractivity contribution in [1.82, 2.24) is 9.80 Å². The fraction of sp³-hybridized carbons (Fsp3) is 0.900. The molecule has 148 valence electrons. The summed E-state index contributed by atoms with van der Waals surface area (Å²) in [5.74, 6) is 0.862. The zero-order valence-electron chi connectivity index (χ0n) is 16.3. The monoisotopic (exact) mass is 366 g/mol. The molecule has 1 heterocycles. The van der Waals surface area contributed by atoms with Gasteiger partial charge in [-0.2, -0.15) is 0 Å². The van der Waals surface area contributed by atoms with Gasteiger partial charge in [0.15, 0.2) is 0 Å². The molecule has 1 aliphatic heterocycles. The second-order valence-corrected chi connectivity index (χ2v) is 8.07. The highest BCUT2D eigenvalue weighted by Gasteiger charge is 2.34. The topological polar surface area (TPSA) is 59.1 Å². The molecule has 6 heteroatoms. The Hall–Kier alpha value is -1.14. The lowest BCUT2D eigenvalue weighted by Crippen LogP contribution is -2.53. The van der Waals surface area contributed by atoms with E-state index in [0.717, 1.165) is 51.4 Å². The number of ether oxygens (including phenoxy) is 2. The predicted octanol–water partition coefficient (Wildman–Crippen LogP) is 2.07. The van der Waals surface area contributed by atoms with Gasteiger partial charge in [0.05, 0.1) is 12.2 Å². The Labute approximate surface area is 157 Å². The van der Waals surface area contributed by atoms with Crippen molar-refractivity contribution >= 4 is 11.8 Å². The second kappa shape index (κ2) is 9.18. The molecule has 3 rings (SSSR count). The van der Waals surface area contributed by atoms with Crippen LogP contribution in [0.1, 0.15) is 51.4 Å². The van der Waals surface area contributed by atoms with E-state index >= 15 is 0 Å². The first kappa shape index (κ1) is 19.6. The molecule has 0 atom stereocenters. The number of rotatable bonds is 4. The van der Waals surface area contributed by atoms with Gasteiger partial charge in [-0.05, 0) is 51.4 Å². The van der Waals surface area contributed by atoms with E-state index in [9.17, 15) is 9.59 Å². The number of carbonyl (C=O) groups excluding carboxylic acids is 2. The number of hydrogen-bond donors (Lipinski definition) is 0. The summed E-state index contributed by atoms with van der Waals surface area (Å²) in [5.41, 5.74) is 0. The molecule has 0 spiro atoms. The molecule has 0 N–H and O–H groups in total. The summed E-state index contributed by atoms with van der Waals surface area (Å²) in [5, 5.41) is 0. The van der Waals surface area contributed by atoms with Crippen molar-refractivity contribution in [2.45, 2.75) is 63.6 Å². The Morgan fingerprint density at radius 3 is 1.19 bits per heavy atom. The lowest BCUT2D eigenvalue weighted by molar-refractivity contribution is -0.146. The molecular formula is C20H34N2O4. The van der Waals surface area contributed by atoms with Gasteiger partial charge in [-0.1, -0.05) is 0 Å². The molecule has 0 unspecified atom stereocenters. The number of nitrogens with zero attached hydrogens (tertiary/aromatic N) is 2. The summed E-state index contributed by atoms with van der Waals surface area (Å²) in [7, 11) is 3.51. The van der Waals surface area contributed by atoms with Gasteiger partial charge in [0.2, 0.25) is 11.8 Å². The van der Waals surface area contributed by atoms with Crippen molar-refractivity contribution < 1.29 is 19.1 Å². The molecule has 1 saturated heterocycles. The number of methoxy groups -OCH3 is 2. The van der Waals surface area contributed by atoms with Gasteiger partial charge >= 0.3 is 0 Å². The third kappa shape index (κ3) is 4.58. The minimum absolute atomic E-state index is 0.146. The molecule has 0 aromatic rings. The summed E-state index contributed by atoms with van der Waals surface area (Å²) in [4.78, 5) is 29.5. The summed E-state index contributed by atoms with van der Waals surface area (Å²) >= 11 is 0. The molecule has 2 aliphatic carbocycles. The summed E-state index contributed by atoms with van der Waals surface area (Å²) in [6, 6.07) is 0. The van der Waals surface area contributed by atoms with Gasteiger partial charge in [-0.15, -0.1) is 0 Å². The van der Waals surface area contributed by atoms with E-state index in [0.29, 0.717) is 38.4 Å². The van der Waals surface area contributed by atoms with Crippen LogP contribution in [0, 0.1) is 11.8 Å². The van der Waals surface area contributed by atoms with Gasteiger partial charge in [0.1, 0.15) is 0 Å². The van der Waals surface area contributed by atoms with E-state index in [1.165, 1.54) is 0 Å². The number of carbonyl (C=O) groups is 2. The average molecular weight is 367 g/mol. The van der Waals surface area contributed by atoms with Gasteiger partial charge in [0.25, 0.3) is 0 Å². The van der Waals surface area contributed by atoms with Crippen LogP contribution in [-0.4, -0.2) is 74.2 Å². The molecule has 2 saturated carbocycles. The third-order valence-corrected chi connectivity index (χ3v) is 6.62. The largest absolute Gasteiger partial charge is 0.381 e. The maximum Gasteiger partial charge on any atom is 0.225 e. The molecule has 6 nitrogen and oxygen atoms in total. The summed E-state index contributed by atoms with van der Waals surface area (Å²) in [6.45, 7) is 2.73. The SMILES string of the molecule is COC1CCC(C(=O)N2CCN(C(=O)C3CCC(OC)CC3)CC2)CC1. The van der Waals surface area contributed by atoms with Crippen LogP contribution < -0.4 is 0 Å². The van der Waals surface area contributed by atoms with Crippen molar-refractivity contribution in [3.05, 3.63) is 0 Å². The maximum atomic E-state index is 12.8. The van der Waals surface area contributed by atoms with Crippen molar-refractivity contribution in [2.24, 2.45) is 11.8 Å². The normalized spacial score (nSPS) is 33.2. The fourth-order valence-electron chi connectivity index (χ4n) is 4.75. The lowest BCUT2D eigenvalue weighted by atomic mass is 9.86. The highest BCUT2D eigenvalue weighted by atomic mass is 16.5. The number of piperazine rings is 1. The fourth-order valence-corrected chi connectivity index (χ4v) is 4.75. The minimum Gasteiger partial charge on any atom is -0.381 e.